The van der Waals surface area contributed by atoms with Crippen LogP contribution in [0.5, 0.6) is 0 Å². The molecule has 2 nitrogen and oxygen atoms in total. The molecule has 0 spiro atoms. The van der Waals surface area contributed by atoms with E-state index in [9.17, 15) is 0 Å². The molecule has 0 saturated heterocycles. The van der Waals surface area contributed by atoms with Crippen molar-refractivity contribution in [1.82, 2.24) is 0 Å². The highest BCUT2D eigenvalue weighted by atomic mass is 14.2. The Morgan fingerprint density at radius 3 is 1.86 bits per heavy atom. The first-order chi connectivity index (χ1) is 5.83. The smallest absolute Gasteiger partial charge is 0.0908 e. The van der Waals surface area contributed by atoms with Gasteiger partial charge >= 0.3 is 0 Å². The minimum atomic E-state index is 0. The van der Waals surface area contributed by atoms with Crippen molar-refractivity contribution >= 4 is 0 Å². The molecule has 0 heterocycles. The molecular weight excluding hydrogens is 172 g/mol. The zero-order chi connectivity index (χ0) is 9.66. The molecule has 14 heavy (non-hydrogen) atoms. The molecule has 0 aromatic rings. The van der Waals surface area contributed by atoms with Gasteiger partial charge in [0.1, 0.15) is 0 Å². The summed E-state index contributed by atoms with van der Waals surface area (Å²) in [5.74, 6) is 0. The molecule has 0 fully saturated rings. The molecule has 2 heteroatoms. The Morgan fingerprint density at radius 2 is 1.71 bits per heavy atom. The largest absolute Gasteiger partial charge is 0.198 e. The van der Waals surface area contributed by atoms with Crippen LogP contribution in [0.3, 0.4) is 0 Å². The predicted octanol–water partition coefficient (Wildman–Crippen LogP) is 4.45. The molecule has 0 bridgehead atoms. The van der Waals surface area contributed by atoms with Gasteiger partial charge in [-0.3, -0.25) is 0 Å². The van der Waals surface area contributed by atoms with Crippen LogP contribution in [0, 0.1) is 22.7 Å². The van der Waals surface area contributed by atoms with Crippen molar-refractivity contribution in [3.8, 4) is 12.1 Å². The number of rotatable bonds is 3. The summed E-state index contributed by atoms with van der Waals surface area (Å²) in [5.41, 5.74) is 0. The summed E-state index contributed by atoms with van der Waals surface area (Å²) >= 11 is 0. The summed E-state index contributed by atoms with van der Waals surface area (Å²) in [6.07, 6.45) is 7.16. The number of hydrogen-bond acceptors (Lipinski definition) is 2. The number of nitriles is 2. The minimum absolute atomic E-state index is 0. The van der Waals surface area contributed by atoms with E-state index in [1.54, 1.807) is 0 Å². The fourth-order valence-corrected chi connectivity index (χ4v) is 0.426. The molecule has 0 aliphatic heterocycles. The van der Waals surface area contributed by atoms with Crippen LogP contribution in [-0.4, -0.2) is 0 Å². The second-order valence-corrected chi connectivity index (χ2v) is 2.20. The zero-order valence-corrected chi connectivity index (χ0v) is 7.88. The molecule has 0 radical (unpaired) electrons. The Hall–Kier alpha value is -1.28. The number of allylic oxidation sites excluding steroid dienone is 2. The van der Waals surface area contributed by atoms with Gasteiger partial charge in [-0.15, -0.1) is 0 Å². The van der Waals surface area contributed by atoms with Crippen LogP contribution in [0.25, 0.3) is 0 Å². The molecule has 0 unspecified atom stereocenters. The van der Waals surface area contributed by atoms with Crippen molar-refractivity contribution in [2.24, 2.45) is 0 Å². The van der Waals surface area contributed by atoms with Crippen molar-refractivity contribution in [2.75, 3.05) is 0 Å². The van der Waals surface area contributed by atoms with Gasteiger partial charge in [-0.1, -0.05) is 41.2 Å². The van der Waals surface area contributed by atoms with Crippen molar-refractivity contribution < 1.29 is 0 Å². The summed E-state index contributed by atoms with van der Waals surface area (Å²) in [6.45, 7) is 4.07. The molecule has 0 N–H and O–H groups in total. The normalized spacial score (nSPS) is 6.86. The molecule has 0 aromatic carbocycles. The Balaban J connectivity index is -0.0000000625. The number of unbranched alkanes of at least 4 members (excludes halogenated alkanes) is 2. The highest BCUT2D eigenvalue weighted by molar-refractivity contribution is 5.00. The summed E-state index contributed by atoms with van der Waals surface area (Å²) in [6, 6.07) is 3.96. The fourth-order valence-electron chi connectivity index (χ4n) is 0.426. The summed E-state index contributed by atoms with van der Waals surface area (Å²) < 4.78 is 0. The molecule has 82 valence electrons. The van der Waals surface area contributed by atoms with Crippen molar-refractivity contribution in [1.29, 1.82) is 10.5 Å². The van der Waals surface area contributed by atoms with E-state index in [4.69, 9.17) is 10.5 Å². The Bertz CT molecular complexity index is 170. The third-order valence-corrected chi connectivity index (χ3v) is 1.07. The van der Waals surface area contributed by atoms with E-state index in [0.29, 0.717) is 0 Å². The van der Waals surface area contributed by atoms with E-state index in [2.05, 4.69) is 13.0 Å². The van der Waals surface area contributed by atoms with Crippen LogP contribution >= 0.6 is 0 Å². The van der Waals surface area contributed by atoms with Crippen LogP contribution in [0.4, 0.5) is 0 Å². The lowest BCUT2D eigenvalue weighted by molar-refractivity contribution is 0.822. The first-order valence-corrected chi connectivity index (χ1v) is 4.25. The van der Waals surface area contributed by atoms with Gasteiger partial charge in [-0.25, -0.2) is 0 Å². The van der Waals surface area contributed by atoms with Gasteiger partial charge in [0.15, 0.2) is 0 Å². The molecule has 0 atom stereocenters. The van der Waals surface area contributed by atoms with E-state index in [1.807, 2.05) is 19.1 Å². The second kappa shape index (κ2) is 29.8. The second-order valence-electron chi connectivity index (χ2n) is 2.20. The topological polar surface area (TPSA) is 47.6 Å². The number of nitrogens with zero attached hydrogens (tertiary/aromatic N) is 2. The lowest BCUT2D eigenvalue weighted by Crippen LogP contribution is -1.62. The predicted molar refractivity (Wildman–Crippen MR) is 63.6 cm³/mol. The summed E-state index contributed by atoms with van der Waals surface area (Å²) in [4.78, 5) is 0. The van der Waals surface area contributed by atoms with Crippen LogP contribution in [0.1, 0.15) is 54.4 Å². The quantitative estimate of drug-likeness (QED) is 0.494. The molecular formula is C12H24N2. The maximum Gasteiger partial charge on any atom is 0.0908 e. The van der Waals surface area contributed by atoms with Gasteiger partial charge in [0.2, 0.25) is 0 Å². The number of hydrogen-bond donors (Lipinski definition) is 0. The Morgan fingerprint density at radius 1 is 1.14 bits per heavy atom. The summed E-state index contributed by atoms with van der Waals surface area (Å²) in [7, 11) is 0. The van der Waals surface area contributed by atoms with Gasteiger partial charge in [0, 0.05) is 12.5 Å². The van der Waals surface area contributed by atoms with E-state index < -0.39 is 0 Å². The maximum atomic E-state index is 7.95. The fraction of sp³-hybridized carbons (Fsp3) is 0.667. The average Bonchev–Trinajstić information content (AvgIpc) is 2.12. The van der Waals surface area contributed by atoms with Crippen LogP contribution in [0.2, 0.25) is 0 Å². The van der Waals surface area contributed by atoms with E-state index >= 15 is 0 Å². The van der Waals surface area contributed by atoms with Crippen molar-refractivity contribution in [3.05, 3.63) is 12.2 Å². The zero-order valence-electron chi connectivity index (χ0n) is 7.88. The lowest BCUT2D eigenvalue weighted by Gasteiger charge is -1.77. The van der Waals surface area contributed by atoms with Gasteiger partial charge in [0.25, 0.3) is 0 Å². The van der Waals surface area contributed by atoms with E-state index in [1.165, 1.54) is 6.08 Å². The molecule has 0 rings (SSSR count). The van der Waals surface area contributed by atoms with Gasteiger partial charge in [0.05, 0.1) is 12.1 Å². The monoisotopic (exact) mass is 196 g/mol. The SMILES string of the molecule is C.C.CC/C=C/C#N.CCCCC#N. The third kappa shape index (κ3) is 45.5. The van der Waals surface area contributed by atoms with Crippen molar-refractivity contribution in [2.45, 2.75) is 54.4 Å². The minimum Gasteiger partial charge on any atom is -0.198 e. The van der Waals surface area contributed by atoms with Gasteiger partial charge < -0.3 is 0 Å². The standard InChI is InChI=1S/C5H9N.C5H7N.2CH4/c2*1-2-3-4-5-6;;/h2-4H2,1H3;3-4H,2H2,1H3;2*1H4/b;4-3+;;. The molecule has 0 saturated carbocycles. The first-order valence-electron chi connectivity index (χ1n) is 4.25. The van der Waals surface area contributed by atoms with E-state index in [0.717, 1.165) is 25.7 Å². The molecule has 0 amide bonds. The Labute approximate surface area is 89.9 Å². The highest BCUT2D eigenvalue weighted by Gasteiger charge is 1.74. The maximum absolute atomic E-state index is 7.95. The molecule has 0 aliphatic carbocycles. The van der Waals surface area contributed by atoms with Crippen LogP contribution in [0.15, 0.2) is 12.2 Å². The van der Waals surface area contributed by atoms with Crippen LogP contribution < -0.4 is 0 Å². The summed E-state index contributed by atoms with van der Waals surface area (Å²) in [5, 5.41) is 15.8. The van der Waals surface area contributed by atoms with Crippen LogP contribution in [-0.2, 0) is 0 Å². The van der Waals surface area contributed by atoms with Crippen molar-refractivity contribution in [3.63, 3.8) is 0 Å². The first kappa shape index (κ1) is 23.0. The third-order valence-electron chi connectivity index (χ3n) is 1.07. The van der Waals surface area contributed by atoms with Gasteiger partial charge in [-0.2, -0.15) is 10.5 Å². The molecule has 0 aromatic heterocycles. The average molecular weight is 196 g/mol. The highest BCUT2D eigenvalue weighted by Crippen LogP contribution is 1.88. The van der Waals surface area contributed by atoms with Gasteiger partial charge in [-0.05, 0) is 12.8 Å². The lowest BCUT2D eigenvalue weighted by atomic mass is 10.3. The molecule has 0 aliphatic rings. The Kier molecular flexibility index (Phi) is 49.0. The van der Waals surface area contributed by atoms with E-state index in [-0.39, 0.29) is 14.9 Å².